The molecule has 0 bridgehead atoms. The van der Waals surface area contributed by atoms with Crippen LogP contribution in [-0.2, 0) is 14.3 Å². The molecule has 8 atom stereocenters. The van der Waals surface area contributed by atoms with E-state index in [2.05, 4.69) is 13.8 Å². The lowest BCUT2D eigenvalue weighted by molar-refractivity contribution is -0.175. The number of ketones is 1. The van der Waals surface area contributed by atoms with Crippen molar-refractivity contribution >= 4 is 11.8 Å². The van der Waals surface area contributed by atoms with Gasteiger partial charge < -0.3 is 9.84 Å². The van der Waals surface area contributed by atoms with E-state index in [9.17, 15) is 14.7 Å². The predicted molar refractivity (Wildman–Crippen MR) is 103 cm³/mol. The molecule has 4 aliphatic carbocycles. The number of carbonyl (C=O) groups is 2. The maximum absolute atomic E-state index is 12.3. The first kappa shape index (κ1) is 19.4. The number of hydrogen-bond donors (Lipinski definition) is 1. The fraction of sp³-hybridized carbons (Fsp3) is 0.913. The lowest BCUT2D eigenvalue weighted by atomic mass is 9.44. The van der Waals surface area contributed by atoms with Crippen LogP contribution in [0.3, 0.4) is 0 Å². The Morgan fingerprint density at radius 2 is 1.63 bits per heavy atom. The molecule has 0 amide bonds. The molecule has 0 aromatic rings. The number of fused-ring (bicyclic) bond motifs is 5. The number of Topliss-reactive ketones (excluding diaryl/α,β-unsaturated/α-hetero) is 1. The second-order valence-electron chi connectivity index (χ2n) is 10.6. The van der Waals surface area contributed by atoms with Gasteiger partial charge in [0.1, 0.15) is 11.7 Å². The highest BCUT2D eigenvalue weighted by molar-refractivity contribution is 5.86. The second kappa shape index (κ2) is 6.30. The molecule has 4 heteroatoms. The van der Waals surface area contributed by atoms with Crippen LogP contribution in [0.1, 0.15) is 85.5 Å². The van der Waals surface area contributed by atoms with Gasteiger partial charge in [0.2, 0.25) is 0 Å². The van der Waals surface area contributed by atoms with Crippen LogP contribution in [0.4, 0.5) is 0 Å². The summed E-state index contributed by atoms with van der Waals surface area (Å²) < 4.78 is 5.55. The van der Waals surface area contributed by atoms with E-state index in [4.69, 9.17) is 4.74 Å². The molecule has 0 saturated heterocycles. The molecule has 4 aliphatic rings. The zero-order valence-corrected chi connectivity index (χ0v) is 17.4. The van der Waals surface area contributed by atoms with E-state index in [1.807, 2.05) is 0 Å². The first-order valence-corrected chi connectivity index (χ1v) is 11.0. The van der Waals surface area contributed by atoms with Crippen molar-refractivity contribution in [2.24, 2.45) is 34.5 Å². The minimum absolute atomic E-state index is 0.0345. The monoisotopic (exact) mass is 376 g/mol. The van der Waals surface area contributed by atoms with Gasteiger partial charge in [0.25, 0.3) is 0 Å². The van der Waals surface area contributed by atoms with Gasteiger partial charge in [0.05, 0.1) is 0 Å². The van der Waals surface area contributed by atoms with Crippen LogP contribution in [0.25, 0.3) is 0 Å². The number of hydrogen-bond acceptors (Lipinski definition) is 4. The Morgan fingerprint density at radius 1 is 0.926 bits per heavy atom. The second-order valence-corrected chi connectivity index (χ2v) is 10.6. The molecule has 0 aromatic carbocycles. The van der Waals surface area contributed by atoms with Crippen LogP contribution in [0.5, 0.6) is 0 Å². The summed E-state index contributed by atoms with van der Waals surface area (Å²) in [5, 5.41) is 11.2. The molecular formula is C23H36O4. The first-order valence-electron chi connectivity index (χ1n) is 11.0. The van der Waals surface area contributed by atoms with Crippen LogP contribution < -0.4 is 0 Å². The Bertz CT molecular complexity index is 644. The fourth-order valence-corrected chi connectivity index (χ4v) is 8.15. The Hall–Kier alpha value is -0.900. The van der Waals surface area contributed by atoms with Crippen molar-refractivity contribution < 1.29 is 19.4 Å². The molecule has 0 unspecified atom stereocenters. The molecule has 4 fully saturated rings. The molecule has 27 heavy (non-hydrogen) atoms. The number of rotatable bonds is 2. The number of aliphatic hydroxyl groups is 1. The molecule has 4 nitrogen and oxygen atoms in total. The van der Waals surface area contributed by atoms with E-state index in [-0.39, 0.29) is 23.3 Å². The SMILES string of the molecule is CC(=O)O[C@H]1CC[C@@]2(C)[C@H](CC[C@@H]3[C@@H]2CC[C@@]2(C)[C@H]3CC[C@]2(O)C(C)=O)C1. The Labute approximate surface area is 163 Å². The van der Waals surface area contributed by atoms with Crippen molar-refractivity contribution in [2.75, 3.05) is 0 Å². The smallest absolute Gasteiger partial charge is 0.302 e. The Balaban J connectivity index is 1.56. The molecule has 4 rings (SSSR count). The van der Waals surface area contributed by atoms with E-state index in [1.165, 1.54) is 19.8 Å². The maximum atomic E-state index is 12.3. The van der Waals surface area contributed by atoms with E-state index < -0.39 is 5.60 Å². The number of carbonyl (C=O) groups excluding carboxylic acids is 2. The van der Waals surface area contributed by atoms with Gasteiger partial charge in [-0.1, -0.05) is 13.8 Å². The fourth-order valence-electron chi connectivity index (χ4n) is 8.15. The number of ether oxygens (including phenoxy) is 1. The van der Waals surface area contributed by atoms with Crippen molar-refractivity contribution in [1.29, 1.82) is 0 Å². The normalized spacial score (nSPS) is 51.7. The van der Waals surface area contributed by atoms with E-state index in [0.717, 1.165) is 38.5 Å². The van der Waals surface area contributed by atoms with E-state index in [0.29, 0.717) is 35.5 Å². The van der Waals surface area contributed by atoms with E-state index >= 15 is 0 Å². The van der Waals surface area contributed by atoms with Crippen molar-refractivity contribution in [3.8, 4) is 0 Å². The van der Waals surface area contributed by atoms with Gasteiger partial charge in [0, 0.05) is 12.3 Å². The largest absolute Gasteiger partial charge is 0.463 e. The van der Waals surface area contributed by atoms with Crippen LogP contribution >= 0.6 is 0 Å². The van der Waals surface area contributed by atoms with E-state index in [1.54, 1.807) is 6.92 Å². The Kier molecular flexibility index (Phi) is 4.53. The van der Waals surface area contributed by atoms with Gasteiger partial charge in [-0.05, 0) is 93.8 Å². The van der Waals surface area contributed by atoms with Gasteiger partial charge in [-0.25, -0.2) is 0 Å². The summed E-state index contributed by atoms with van der Waals surface area (Å²) in [5.41, 5.74) is -1.05. The van der Waals surface area contributed by atoms with Crippen LogP contribution in [0.15, 0.2) is 0 Å². The van der Waals surface area contributed by atoms with Gasteiger partial charge in [-0.3, -0.25) is 9.59 Å². The van der Waals surface area contributed by atoms with Crippen LogP contribution in [-0.4, -0.2) is 28.6 Å². The van der Waals surface area contributed by atoms with Gasteiger partial charge in [-0.2, -0.15) is 0 Å². The lowest BCUT2D eigenvalue weighted by Gasteiger charge is -2.61. The minimum atomic E-state index is -1.12. The standard InChI is InChI=1S/C23H36O4/c1-14(24)23(26)12-9-20-18-6-5-16-13-17(27-15(2)25)7-10-21(16,3)19(18)8-11-22(20,23)4/h16-20,26H,5-13H2,1-4H3/t16-,17+,18-,19+,20+,21+,22+,23+/m1/s1. The van der Waals surface area contributed by atoms with Gasteiger partial charge in [0.15, 0.2) is 5.78 Å². The molecule has 4 saturated carbocycles. The molecular weight excluding hydrogens is 340 g/mol. The van der Waals surface area contributed by atoms with Crippen molar-refractivity contribution in [3.63, 3.8) is 0 Å². The first-order chi connectivity index (χ1) is 12.6. The van der Waals surface area contributed by atoms with Crippen LogP contribution in [0.2, 0.25) is 0 Å². The van der Waals surface area contributed by atoms with Crippen LogP contribution in [0, 0.1) is 34.5 Å². The molecule has 1 N–H and O–H groups in total. The average molecular weight is 377 g/mol. The minimum Gasteiger partial charge on any atom is -0.463 e. The zero-order chi connectivity index (χ0) is 19.6. The summed E-state index contributed by atoms with van der Waals surface area (Å²) in [5.74, 6) is 2.22. The summed E-state index contributed by atoms with van der Waals surface area (Å²) in [4.78, 5) is 23.7. The lowest BCUT2D eigenvalue weighted by Crippen LogP contribution is -2.58. The highest BCUT2D eigenvalue weighted by Gasteiger charge is 2.66. The average Bonchev–Trinajstić information content (AvgIpc) is 2.87. The summed E-state index contributed by atoms with van der Waals surface area (Å²) >= 11 is 0. The summed E-state index contributed by atoms with van der Waals surface area (Å²) in [6, 6.07) is 0. The zero-order valence-electron chi connectivity index (χ0n) is 17.4. The summed E-state index contributed by atoms with van der Waals surface area (Å²) in [6.45, 7) is 7.76. The van der Waals surface area contributed by atoms with Crippen molar-refractivity contribution in [2.45, 2.75) is 97.2 Å². The quantitative estimate of drug-likeness (QED) is 0.731. The molecule has 0 aliphatic heterocycles. The van der Waals surface area contributed by atoms with Crippen molar-refractivity contribution in [1.82, 2.24) is 0 Å². The van der Waals surface area contributed by atoms with Crippen molar-refractivity contribution in [3.05, 3.63) is 0 Å². The topological polar surface area (TPSA) is 63.6 Å². The molecule has 0 aromatic heterocycles. The number of esters is 1. The highest BCUT2D eigenvalue weighted by Crippen LogP contribution is 2.68. The summed E-state index contributed by atoms with van der Waals surface area (Å²) in [7, 11) is 0. The predicted octanol–water partition coefficient (Wildman–Crippen LogP) is 4.28. The molecule has 0 heterocycles. The Morgan fingerprint density at radius 3 is 2.30 bits per heavy atom. The maximum Gasteiger partial charge on any atom is 0.302 e. The summed E-state index contributed by atoms with van der Waals surface area (Å²) in [6.07, 6.45) is 9.34. The third kappa shape index (κ3) is 2.65. The molecule has 152 valence electrons. The molecule has 0 spiro atoms. The highest BCUT2D eigenvalue weighted by atomic mass is 16.5. The molecule has 0 radical (unpaired) electrons. The third-order valence-electron chi connectivity index (χ3n) is 9.68. The van der Waals surface area contributed by atoms with Gasteiger partial charge >= 0.3 is 5.97 Å². The third-order valence-corrected chi connectivity index (χ3v) is 9.68. The van der Waals surface area contributed by atoms with Gasteiger partial charge in [-0.15, -0.1) is 0 Å².